The molecule has 0 aliphatic heterocycles. The molecule has 0 radical (unpaired) electrons. The van der Waals surface area contributed by atoms with Gasteiger partial charge < -0.3 is 13.9 Å². The first kappa shape index (κ1) is 19.1. The third-order valence-corrected chi connectivity index (χ3v) is 3.21. The minimum Gasteiger partial charge on any atom is -0.490 e. The number of ether oxygens (including phenoxy) is 2. The summed E-state index contributed by atoms with van der Waals surface area (Å²) < 4.78 is 16.7. The number of hydrazone groups is 1. The third-order valence-electron chi connectivity index (χ3n) is 3.21. The molecule has 1 N–H and O–H groups in total. The molecule has 7 nitrogen and oxygen atoms in total. The van der Waals surface area contributed by atoms with Gasteiger partial charge in [0.05, 0.1) is 19.4 Å². The highest BCUT2D eigenvalue weighted by molar-refractivity contribution is 5.81. The zero-order chi connectivity index (χ0) is 18.9. The molecule has 0 spiro atoms. The van der Waals surface area contributed by atoms with Gasteiger partial charge in [-0.3, -0.25) is 0 Å². The van der Waals surface area contributed by atoms with E-state index in [9.17, 15) is 0 Å². The van der Waals surface area contributed by atoms with E-state index >= 15 is 0 Å². The van der Waals surface area contributed by atoms with E-state index in [4.69, 9.17) is 19.2 Å². The highest BCUT2D eigenvalue weighted by atomic mass is 16.5. The highest BCUT2D eigenvalue weighted by Gasteiger charge is 2.12. The van der Waals surface area contributed by atoms with Crippen molar-refractivity contribution in [1.29, 1.82) is 5.26 Å². The minimum absolute atomic E-state index is 0.124. The van der Waals surface area contributed by atoms with E-state index in [1.165, 1.54) is 0 Å². The van der Waals surface area contributed by atoms with Crippen LogP contribution in [0.3, 0.4) is 0 Å². The van der Waals surface area contributed by atoms with Crippen molar-refractivity contribution < 1.29 is 13.9 Å². The van der Waals surface area contributed by atoms with Gasteiger partial charge in [-0.2, -0.15) is 15.3 Å². The van der Waals surface area contributed by atoms with Crippen molar-refractivity contribution in [2.75, 3.05) is 18.6 Å². The number of nitrogens with zero attached hydrogens (tertiary/aromatic N) is 3. The molecule has 1 heterocycles. The van der Waals surface area contributed by atoms with E-state index < -0.39 is 0 Å². The topological polar surface area (TPSA) is 92.7 Å². The molecular weight excluding hydrogens is 332 g/mol. The molecule has 0 unspecified atom stereocenters. The molecule has 1 aromatic carbocycles. The molecule has 0 aliphatic carbocycles. The number of rotatable bonds is 9. The molecule has 136 valence electrons. The maximum Gasteiger partial charge on any atom is 0.252 e. The van der Waals surface area contributed by atoms with Crippen molar-refractivity contribution >= 4 is 17.7 Å². The van der Waals surface area contributed by atoms with Crippen molar-refractivity contribution in [1.82, 2.24) is 4.98 Å². The van der Waals surface area contributed by atoms with Crippen LogP contribution in [0, 0.1) is 11.3 Å². The van der Waals surface area contributed by atoms with Crippen molar-refractivity contribution in [2.24, 2.45) is 5.10 Å². The first-order valence-corrected chi connectivity index (χ1v) is 8.34. The summed E-state index contributed by atoms with van der Waals surface area (Å²) in [5.74, 6) is 1.84. The van der Waals surface area contributed by atoms with Crippen LogP contribution >= 0.6 is 0 Å². The highest BCUT2D eigenvalue weighted by Crippen LogP contribution is 2.28. The molecule has 7 heteroatoms. The number of anilines is 1. The summed E-state index contributed by atoms with van der Waals surface area (Å²) in [5, 5.41) is 13.2. The molecule has 0 saturated heterocycles. The fraction of sp³-hybridized carbons (Fsp3) is 0.316. The average Bonchev–Trinajstić information content (AvgIpc) is 3.05. The minimum atomic E-state index is 0.124. The Balaban J connectivity index is 2.14. The Morgan fingerprint density at radius 1 is 1.38 bits per heavy atom. The molecule has 2 aromatic rings. The molecule has 0 bridgehead atoms. The molecule has 0 amide bonds. The van der Waals surface area contributed by atoms with Crippen LogP contribution in [0.15, 0.2) is 34.3 Å². The van der Waals surface area contributed by atoms with Gasteiger partial charge in [0.2, 0.25) is 11.6 Å². The van der Waals surface area contributed by atoms with Crippen molar-refractivity contribution in [2.45, 2.75) is 27.2 Å². The predicted octanol–water partition coefficient (Wildman–Crippen LogP) is 4.21. The van der Waals surface area contributed by atoms with Crippen molar-refractivity contribution in [3.8, 4) is 17.6 Å². The Morgan fingerprint density at radius 2 is 2.19 bits per heavy atom. The number of aromatic nitrogens is 1. The van der Waals surface area contributed by atoms with Crippen LogP contribution in [-0.2, 0) is 0 Å². The normalized spacial score (nSPS) is 10.5. The maximum atomic E-state index is 9.10. The van der Waals surface area contributed by atoms with Gasteiger partial charge in [0.1, 0.15) is 6.07 Å². The van der Waals surface area contributed by atoms with Crippen molar-refractivity contribution in [3.05, 3.63) is 41.9 Å². The Bertz CT molecular complexity index is 834. The van der Waals surface area contributed by atoms with Gasteiger partial charge in [-0.05, 0) is 44.0 Å². The van der Waals surface area contributed by atoms with Gasteiger partial charge in [0, 0.05) is 5.57 Å². The number of oxazole rings is 1. The van der Waals surface area contributed by atoms with Crippen molar-refractivity contribution in [3.63, 3.8) is 0 Å². The Morgan fingerprint density at radius 3 is 2.85 bits per heavy atom. The average molecular weight is 354 g/mol. The third kappa shape index (κ3) is 4.86. The van der Waals surface area contributed by atoms with E-state index in [0.717, 1.165) is 12.0 Å². The van der Waals surface area contributed by atoms with Gasteiger partial charge in [-0.15, -0.1) is 0 Å². The SMILES string of the molecule is C=C(C)c1nc(C#N)c(N/N=C\c2ccc(OCCC)c(OCC)c2)o1. The quantitative estimate of drug-likeness (QED) is 0.535. The summed E-state index contributed by atoms with van der Waals surface area (Å²) in [6, 6.07) is 7.50. The lowest BCUT2D eigenvalue weighted by molar-refractivity contribution is 0.277. The van der Waals surface area contributed by atoms with Crippen LogP contribution in [0.5, 0.6) is 11.5 Å². The van der Waals surface area contributed by atoms with E-state index in [-0.39, 0.29) is 11.6 Å². The monoisotopic (exact) mass is 354 g/mol. The molecule has 2 rings (SSSR count). The van der Waals surface area contributed by atoms with Crippen LogP contribution in [0.25, 0.3) is 5.57 Å². The smallest absolute Gasteiger partial charge is 0.252 e. The lowest BCUT2D eigenvalue weighted by Gasteiger charge is -2.11. The first-order valence-electron chi connectivity index (χ1n) is 8.34. The fourth-order valence-corrected chi connectivity index (χ4v) is 2.02. The van der Waals surface area contributed by atoms with Gasteiger partial charge in [0.25, 0.3) is 5.88 Å². The van der Waals surface area contributed by atoms with E-state index in [1.54, 1.807) is 13.1 Å². The number of nitrogens with one attached hydrogen (secondary N) is 1. The van der Waals surface area contributed by atoms with E-state index in [1.807, 2.05) is 38.1 Å². The second-order valence-electron chi connectivity index (χ2n) is 5.45. The Kier molecular flexibility index (Phi) is 6.80. The molecule has 0 fully saturated rings. The Labute approximate surface area is 152 Å². The van der Waals surface area contributed by atoms with E-state index in [0.29, 0.717) is 36.2 Å². The maximum absolute atomic E-state index is 9.10. The zero-order valence-corrected chi connectivity index (χ0v) is 15.2. The van der Waals surface area contributed by atoms with Crippen LogP contribution < -0.4 is 14.9 Å². The lowest BCUT2D eigenvalue weighted by Crippen LogP contribution is -2.01. The Hall–Kier alpha value is -3.27. The molecular formula is C19H22N4O3. The number of benzene rings is 1. The van der Waals surface area contributed by atoms with Crippen LogP contribution in [0.1, 0.15) is 44.3 Å². The summed E-state index contributed by atoms with van der Waals surface area (Å²) in [6.07, 6.45) is 2.51. The number of allylic oxidation sites excluding steroid dienone is 1. The summed E-state index contributed by atoms with van der Waals surface area (Å²) in [6.45, 7) is 10.6. The first-order chi connectivity index (χ1) is 12.6. The van der Waals surface area contributed by atoms with Gasteiger partial charge in [-0.1, -0.05) is 13.5 Å². The summed E-state index contributed by atoms with van der Waals surface area (Å²) in [5.41, 5.74) is 4.25. The van der Waals surface area contributed by atoms with E-state index in [2.05, 4.69) is 22.1 Å². The van der Waals surface area contributed by atoms with Gasteiger partial charge in [-0.25, -0.2) is 5.43 Å². The second-order valence-corrected chi connectivity index (χ2v) is 5.45. The summed E-state index contributed by atoms with van der Waals surface area (Å²) in [7, 11) is 0. The van der Waals surface area contributed by atoms with Gasteiger partial charge >= 0.3 is 0 Å². The van der Waals surface area contributed by atoms with Crippen LogP contribution in [0.2, 0.25) is 0 Å². The largest absolute Gasteiger partial charge is 0.490 e. The summed E-state index contributed by atoms with van der Waals surface area (Å²) >= 11 is 0. The molecule has 0 saturated carbocycles. The fourth-order valence-electron chi connectivity index (χ4n) is 2.02. The predicted molar refractivity (Wildman–Crippen MR) is 101 cm³/mol. The van der Waals surface area contributed by atoms with Gasteiger partial charge in [0.15, 0.2) is 11.5 Å². The number of hydrogen-bond donors (Lipinski definition) is 1. The second kappa shape index (κ2) is 9.28. The summed E-state index contributed by atoms with van der Waals surface area (Å²) in [4.78, 5) is 4.03. The molecule has 0 aliphatic rings. The van der Waals surface area contributed by atoms with Crippen LogP contribution in [0.4, 0.5) is 5.88 Å². The zero-order valence-electron chi connectivity index (χ0n) is 15.2. The molecule has 1 aromatic heterocycles. The number of hydrogen-bond acceptors (Lipinski definition) is 7. The molecule has 0 atom stereocenters. The number of nitriles is 1. The molecule has 26 heavy (non-hydrogen) atoms. The lowest BCUT2D eigenvalue weighted by atomic mass is 10.2. The standard InChI is InChI=1S/C19H22N4O3/c1-5-9-25-16-8-7-14(10-17(16)24-6-2)12-21-23-19-15(11-20)22-18(26-19)13(3)4/h7-8,10,12,23H,3,5-6,9H2,1-2,4H3/b21-12-. The van der Waals surface area contributed by atoms with Crippen LogP contribution in [-0.4, -0.2) is 24.4 Å².